The molecule has 5 heteroatoms. The lowest BCUT2D eigenvalue weighted by Gasteiger charge is -2.09. The smallest absolute Gasteiger partial charge is 0.272 e. The molecule has 0 saturated carbocycles. The van der Waals surface area contributed by atoms with Crippen LogP contribution < -0.4 is 11.1 Å². The molecule has 0 aliphatic heterocycles. The van der Waals surface area contributed by atoms with Crippen LogP contribution in [0.3, 0.4) is 0 Å². The van der Waals surface area contributed by atoms with Crippen molar-refractivity contribution in [1.29, 1.82) is 0 Å². The lowest BCUT2D eigenvalue weighted by atomic mass is 10.1. The van der Waals surface area contributed by atoms with Crippen molar-refractivity contribution in [2.75, 3.05) is 11.9 Å². The van der Waals surface area contributed by atoms with Crippen LogP contribution in [0.1, 0.15) is 16.1 Å². The highest BCUT2D eigenvalue weighted by Gasteiger charge is 2.11. The first kappa shape index (κ1) is 14.2. The van der Waals surface area contributed by atoms with Gasteiger partial charge in [-0.1, -0.05) is 23.4 Å². The fourth-order valence-corrected chi connectivity index (χ4v) is 1.93. The van der Waals surface area contributed by atoms with E-state index in [1.165, 1.54) is 0 Å². The van der Waals surface area contributed by atoms with Crippen molar-refractivity contribution in [3.05, 3.63) is 52.8 Å². The second kappa shape index (κ2) is 6.29. The first-order valence-electron chi connectivity index (χ1n) is 6.03. The molecule has 0 aliphatic rings. The van der Waals surface area contributed by atoms with Gasteiger partial charge in [-0.3, -0.25) is 4.79 Å². The van der Waals surface area contributed by atoms with Crippen LogP contribution in [0.15, 0.2) is 36.5 Å². The van der Waals surface area contributed by atoms with E-state index in [0.29, 0.717) is 22.0 Å². The van der Waals surface area contributed by atoms with Gasteiger partial charge in [-0.15, -0.1) is 0 Å². The molecule has 1 aromatic carbocycles. The summed E-state index contributed by atoms with van der Waals surface area (Å²) in [4.78, 5) is 12.2. The topological polar surface area (TPSA) is 60.0 Å². The Labute approximate surface area is 122 Å². The third kappa shape index (κ3) is 3.21. The second-order valence-electron chi connectivity index (χ2n) is 4.15. The molecular formula is C15H14ClN3O. The maximum atomic E-state index is 12.2. The molecule has 1 amide bonds. The third-order valence-corrected chi connectivity index (χ3v) is 2.97. The first-order valence-corrected chi connectivity index (χ1v) is 6.41. The predicted octanol–water partition coefficient (Wildman–Crippen LogP) is 2.24. The summed E-state index contributed by atoms with van der Waals surface area (Å²) in [5, 5.41) is 3.35. The average Bonchev–Trinajstić information content (AvgIpc) is 2.84. The normalized spacial score (nSPS) is 9.75. The van der Waals surface area contributed by atoms with E-state index in [1.54, 1.807) is 28.8 Å². The van der Waals surface area contributed by atoms with Crippen LogP contribution in [-0.2, 0) is 7.05 Å². The van der Waals surface area contributed by atoms with Gasteiger partial charge in [0, 0.05) is 23.8 Å². The van der Waals surface area contributed by atoms with Gasteiger partial charge < -0.3 is 15.6 Å². The van der Waals surface area contributed by atoms with E-state index in [-0.39, 0.29) is 12.5 Å². The number of nitrogens with zero attached hydrogens (tertiary/aromatic N) is 1. The van der Waals surface area contributed by atoms with Crippen molar-refractivity contribution in [1.82, 2.24) is 4.57 Å². The van der Waals surface area contributed by atoms with E-state index < -0.39 is 0 Å². The largest absolute Gasteiger partial charge is 0.347 e. The maximum Gasteiger partial charge on any atom is 0.272 e. The van der Waals surface area contributed by atoms with Gasteiger partial charge in [-0.2, -0.15) is 0 Å². The van der Waals surface area contributed by atoms with Crippen LogP contribution in [0.4, 0.5) is 5.69 Å². The number of amides is 1. The van der Waals surface area contributed by atoms with Gasteiger partial charge in [0.1, 0.15) is 5.69 Å². The van der Waals surface area contributed by atoms with Crippen molar-refractivity contribution in [2.45, 2.75) is 0 Å². The van der Waals surface area contributed by atoms with Crippen molar-refractivity contribution < 1.29 is 4.79 Å². The van der Waals surface area contributed by atoms with E-state index >= 15 is 0 Å². The number of hydrogen-bond donors (Lipinski definition) is 2. The highest BCUT2D eigenvalue weighted by Crippen LogP contribution is 2.21. The summed E-state index contributed by atoms with van der Waals surface area (Å²) in [5.74, 6) is 5.46. The van der Waals surface area contributed by atoms with E-state index in [1.807, 2.05) is 19.3 Å². The molecular weight excluding hydrogens is 274 g/mol. The number of hydrogen-bond acceptors (Lipinski definition) is 2. The van der Waals surface area contributed by atoms with Gasteiger partial charge in [-0.25, -0.2) is 0 Å². The summed E-state index contributed by atoms with van der Waals surface area (Å²) in [6, 6.07) is 8.70. The van der Waals surface area contributed by atoms with Crippen LogP contribution in [0.5, 0.6) is 0 Å². The Balaban J connectivity index is 2.31. The number of carbonyl (C=O) groups excluding carboxylic acids is 1. The Kier molecular flexibility index (Phi) is 4.46. The molecule has 3 N–H and O–H groups in total. The zero-order valence-corrected chi connectivity index (χ0v) is 11.7. The SMILES string of the molecule is Cn1cccc1C(=O)Nc1cc(Cl)ccc1C#CCN. The van der Waals surface area contributed by atoms with Gasteiger partial charge in [0.25, 0.3) is 5.91 Å². The molecule has 0 radical (unpaired) electrons. The van der Waals surface area contributed by atoms with Crippen LogP contribution in [0.2, 0.25) is 5.02 Å². The number of benzene rings is 1. The summed E-state index contributed by atoms with van der Waals surface area (Å²) >= 11 is 5.96. The molecule has 0 spiro atoms. The number of anilines is 1. The molecule has 0 aliphatic carbocycles. The van der Waals surface area contributed by atoms with E-state index in [4.69, 9.17) is 17.3 Å². The molecule has 1 heterocycles. The lowest BCUT2D eigenvalue weighted by molar-refractivity contribution is 0.101. The van der Waals surface area contributed by atoms with Gasteiger partial charge >= 0.3 is 0 Å². The van der Waals surface area contributed by atoms with Crippen molar-refractivity contribution in [3.63, 3.8) is 0 Å². The number of halogens is 1. The Morgan fingerprint density at radius 3 is 2.90 bits per heavy atom. The zero-order chi connectivity index (χ0) is 14.5. The van der Waals surface area contributed by atoms with E-state index in [9.17, 15) is 4.79 Å². The Morgan fingerprint density at radius 2 is 2.25 bits per heavy atom. The minimum Gasteiger partial charge on any atom is -0.347 e. The Hall–Kier alpha value is -2.22. The number of aryl methyl sites for hydroxylation is 1. The number of nitrogens with two attached hydrogens (primary N) is 1. The fourth-order valence-electron chi connectivity index (χ4n) is 1.76. The molecule has 0 saturated heterocycles. The average molecular weight is 288 g/mol. The summed E-state index contributed by atoms with van der Waals surface area (Å²) < 4.78 is 1.74. The van der Waals surface area contributed by atoms with Gasteiger partial charge in [0.05, 0.1) is 12.2 Å². The summed E-state index contributed by atoms with van der Waals surface area (Å²) in [6.07, 6.45) is 1.81. The Morgan fingerprint density at radius 1 is 1.45 bits per heavy atom. The second-order valence-corrected chi connectivity index (χ2v) is 4.59. The van der Waals surface area contributed by atoms with Crippen molar-refractivity contribution in [2.24, 2.45) is 12.8 Å². The van der Waals surface area contributed by atoms with Crippen molar-refractivity contribution in [3.8, 4) is 11.8 Å². The fraction of sp³-hybridized carbons (Fsp3) is 0.133. The van der Waals surface area contributed by atoms with Gasteiger partial charge in [0.2, 0.25) is 0 Å². The van der Waals surface area contributed by atoms with Crippen LogP contribution in [-0.4, -0.2) is 17.0 Å². The van der Waals surface area contributed by atoms with Crippen molar-refractivity contribution >= 4 is 23.2 Å². The molecule has 2 rings (SSSR count). The summed E-state index contributed by atoms with van der Waals surface area (Å²) in [6.45, 7) is 0.258. The predicted molar refractivity (Wildman–Crippen MR) is 80.8 cm³/mol. The summed E-state index contributed by atoms with van der Waals surface area (Å²) in [7, 11) is 1.81. The quantitative estimate of drug-likeness (QED) is 0.832. The minimum atomic E-state index is -0.212. The molecule has 1 aromatic heterocycles. The molecule has 0 fully saturated rings. The molecule has 2 aromatic rings. The number of rotatable bonds is 2. The number of carbonyl (C=O) groups is 1. The lowest BCUT2D eigenvalue weighted by Crippen LogP contribution is -2.16. The van der Waals surface area contributed by atoms with Crippen LogP contribution in [0, 0.1) is 11.8 Å². The number of nitrogens with one attached hydrogen (secondary N) is 1. The summed E-state index contributed by atoms with van der Waals surface area (Å²) in [5.41, 5.74) is 7.18. The third-order valence-electron chi connectivity index (χ3n) is 2.73. The maximum absolute atomic E-state index is 12.2. The van der Waals surface area contributed by atoms with Crippen LogP contribution in [0.25, 0.3) is 0 Å². The monoisotopic (exact) mass is 287 g/mol. The molecule has 4 nitrogen and oxygen atoms in total. The van der Waals surface area contributed by atoms with E-state index in [0.717, 1.165) is 0 Å². The molecule has 102 valence electrons. The molecule has 0 atom stereocenters. The number of aromatic nitrogens is 1. The molecule has 20 heavy (non-hydrogen) atoms. The Bertz CT molecular complexity index is 695. The highest BCUT2D eigenvalue weighted by molar-refractivity contribution is 6.31. The first-order chi connectivity index (χ1) is 9.61. The molecule has 0 unspecified atom stereocenters. The minimum absolute atomic E-state index is 0.212. The van der Waals surface area contributed by atoms with Crippen LogP contribution >= 0.6 is 11.6 Å². The standard InChI is InChI=1S/C15H14ClN3O/c1-19-9-3-5-14(19)15(20)18-13-10-12(16)7-6-11(13)4-2-8-17/h3,5-7,9-10H,8,17H2,1H3,(H,18,20). The van der Waals surface area contributed by atoms with E-state index in [2.05, 4.69) is 17.2 Å². The van der Waals surface area contributed by atoms with Gasteiger partial charge in [0.15, 0.2) is 0 Å². The van der Waals surface area contributed by atoms with Gasteiger partial charge in [-0.05, 0) is 30.3 Å². The molecule has 0 bridgehead atoms. The highest BCUT2D eigenvalue weighted by atomic mass is 35.5. The zero-order valence-electron chi connectivity index (χ0n) is 11.0.